The van der Waals surface area contributed by atoms with E-state index in [-0.39, 0.29) is 5.56 Å². The molecule has 1 aliphatic rings. The van der Waals surface area contributed by atoms with E-state index in [0.717, 1.165) is 24.5 Å². The van der Waals surface area contributed by atoms with Gasteiger partial charge in [0.15, 0.2) is 11.6 Å². The smallest absolute Gasteiger partial charge is 0.168 e. The van der Waals surface area contributed by atoms with Gasteiger partial charge in [-0.2, -0.15) is 10.2 Å². The lowest BCUT2D eigenvalue weighted by Crippen LogP contribution is -2.15. The Kier molecular flexibility index (Phi) is 6.92. The average Bonchev–Trinajstić information content (AvgIpc) is 2.71. The van der Waals surface area contributed by atoms with Crippen molar-refractivity contribution in [1.82, 2.24) is 10.2 Å². The summed E-state index contributed by atoms with van der Waals surface area (Å²) in [6, 6.07) is 6.87. The second-order valence-corrected chi connectivity index (χ2v) is 7.88. The highest BCUT2D eigenvalue weighted by Crippen LogP contribution is 2.34. The first kappa shape index (κ1) is 19.9. The van der Waals surface area contributed by atoms with Crippen molar-refractivity contribution in [2.45, 2.75) is 71.6 Å². The Hall–Kier alpha value is -1.84. The van der Waals surface area contributed by atoms with Crippen LogP contribution in [0.2, 0.25) is 0 Å². The summed E-state index contributed by atoms with van der Waals surface area (Å²) in [6.07, 6.45) is 9.95. The number of hydrogen-bond acceptors (Lipinski definition) is 2. The largest absolute Gasteiger partial charge is 0.203 e. The summed E-state index contributed by atoms with van der Waals surface area (Å²) in [5.74, 6) is -0.0149. The zero-order valence-electron chi connectivity index (χ0n) is 16.5. The Balaban J connectivity index is 1.63. The molecule has 1 aromatic heterocycles. The summed E-state index contributed by atoms with van der Waals surface area (Å²) in [5, 5.41) is 8.08. The van der Waals surface area contributed by atoms with E-state index >= 15 is 0 Å². The molecule has 1 aromatic carbocycles. The molecule has 0 amide bonds. The summed E-state index contributed by atoms with van der Waals surface area (Å²) < 4.78 is 29.2. The van der Waals surface area contributed by atoms with Gasteiger partial charge < -0.3 is 0 Å². The van der Waals surface area contributed by atoms with E-state index < -0.39 is 11.6 Å². The van der Waals surface area contributed by atoms with Crippen molar-refractivity contribution < 1.29 is 8.78 Å². The van der Waals surface area contributed by atoms with Crippen LogP contribution >= 0.6 is 0 Å². The number of aromatic nitrogens is 2. The van der Waals surface area contributed by atoms with Gasteiger partial charge >= 0.3 is 0 Å². The van der Waals surface area contributed by atoms with Crippen molar-refractivity contribution in [3.8, 4) is 11.3 Å². The van der Waals surface area contributed by atoms with Gasteiger partial charge in [0, 0.05) is 5.56 Å². The van der Waals surface area contributed by atoms with E-state index in [0.29, 0.717) is 23.6 Å². The Labute approximate surface area is 161 Å². The molecule has 0 aliphatic heterocycles. The molecule has 0 spiro atoms. The van der Waals surface area contributed by atoms with E-state index in [4.69, 9.17) is 0 Å². The topological polar surface area (TPSA) is 25.8 Å². The first-order chi connectivity index (χ1) is 13.1. The molecule has 0 radical (unpaired) electrons. The fourth-order valence-electron chi connectivity index (χ4n) is 4.25. The molecule has 0 bridgehead atoms. The lowest BCUT2D eigenvalue weighted by Gasteiger charge is -2.28. The van der Waals surface area contributed by atoms with Gasteiger partial charge in [0.1, 0.15) is 0 Å². The van der Waals surface area contributed by atoms with Gasteiger partial charge in [0.05, 0.1) is 11.4 Å². The second-order valence-electron chi connectivity index (χ2n) is 7.88. The minimum Gasteiger partial charge on any atom is -0.203 e. The van der Waals surface area contributed by atoms with E-state index in [1.54, 1.807) is 18.2 Å². The molecule has 0 saturated heterocycles. The molecule has 1 saturated carbocycles. The Morgan fingerprint density at radius 2 is 1.56 bits per heavy atom. The zero-order valence-corrected chi connectivity index (χ0v) is 16.5. The Morgan fingerprint density at radius 1 is 0.852 bits per heavy atom. The lowest BCUT2D eigenvalue weighted by molar-refractivity contribution is 0.251. The van der Waals surface area contributed by atoms with Crippen LogP contribution in [0.3, 0.4) is 0 Å². The minimum atomic E-state index is -0.808. The van der Waals surface area contributed by atoms with E-state index in [2.05, 4.69) is 17.1 Å². The normalized spacial score (nSPS) is 20.0. The third kappa shape index (κ3) is 4.91. The van der Waals surface area contributed by atoms with Crippen molar-refractivity contribution in [1.29, 1.82) is 0 Å². The molecule has 3 rings (SSSR count). The van der Waals surface area contributed by atoms with Crippen LogP contribution in [-0.4, -0.2) is 10.2 Å². The molecule has 0 unspecified atom stereocenters. The maximum Gasteiger partial charge on any atom is 0.168 e. The first-order valence-corrected chi connectivity index (χ1v) is 10.4. The first-order valence-electron chi connectivity index (χ1n) is 10.4. The molecule has 27 heavy (non-hydrogen) atoms. The SMILES string of the molecule is CCC[C@H]1CC[C@H](CCc2ccc(-c3ccc(CC)nn3)c(F)c2F)CC1. The predicted octanol–water partition coefficient (Wildman–Crippen LogP) is 6.52. The van der Waals surface area contributed by atoms with Crippen LogP contribution in [0, 0.1) is 23.5 Å². The fourth-order valence-corrected chi connectivity index (χ4v) is 4.25. The van der Waals surface area contributed by atoms with Gasteiger partial charge in [0.2, 0.25) is 0 Å². The van der Waals surface area contributed by atoms with Crippen molar-refractivity contribution >= 4 is 0 Å². The number of halogens is 2. The van der Waals surface area contributed by atoms with E-state index in [1.807, 2.05) is 13.0 Å². The summed E-state index contributed by atoms with van der Waals surface area (Å²) in [6.45, 7) is 4.23. The van der Waals surface area contributed by atoms with Gasteiger partial charge in [-0.05, 0) is 54.9 Å². The van der Waals surface area contributed by atoms with Crippen molar-refractivity contribution in [3.05, 3.63) is 47.2 Å². The van der Waals surface area contributed by atoms with Gasteiger partial charge in [0.25, 0.3) is 0 Å². The van der Waals surface area contributed by atoms with Crippen molar-refractivity contribution in [2.24, 2.45) is 11.8 Å². The molecule has 4 heteroatoms. The van der Waals surface area contributed by atoms with Gasteiger partial charge in [-0.3, -0.25) is 0 Å². The van der Waals surface area contributed by atoms with Gasteiger partial charge in [-0.1, -0.05) is 58.4 Å². The molecule has 1 aliphatic carbocycles. The number of nitrogens with zero attached hydrogens (tertiary/aromatic N) is 2. The molecule has 1 fully saturated rings. The standard InChI is InChI=1S/C23H30F2N2/c1-3-5-16-6-8-17(9-7-16)10-11-18-12-14-20(23(25)22(18)24)21-15-13-19(4-2)26-27-21/h12-17H,3-11H2,1-2H3/t16-,17-. The summed E-state index contributed by atoms with van der Waals surface area (Å²) >= 11 is 0. The van der Waals surface area contributed by atoms with E-state index in [9.17, 15) is 8.78 Å². The molecule has 1 heterocycles. The summed E-state index contributed by atoms with van der Waals surface area (Å²) in [5.41, 5.74) is 1.88. The zero-order chi connectivity index (χ0) is 19.2. The van der Waals surface area contributed by atoms with Crippen LogP contribution in [0.15, 0.2) is 24.3 Å². The Morgan fingerprint density at radius 3 is 2.15 bits per heavy atom. The maximum absolute atomic E-state index is 14.6. The molecule has 146 valence electrons. The molecule has 2 nitrogen and oxygen atoms in total. The number of aryl methyl sites for hydroxylation is 2. The van der Waals surface area contributed by atoms with Crippen LogP contribution in [0.1, 0.15) is 70.1 Å². The predicted molar refractivity (Wildman–Crippen MR) is 105 cm³/mol. The quantitative estimate of drug-likeness (QED) is 0.553. The average molecular weight is 373 g/mol. The van der Waals surface area contributed by atoms with Crippen molar-refractivity contribution in [2.75, 3.05) is 0 Å². The van der Waals surface area contributed by atoms with Gasteiger partial charge in [-0.15, -0.1) is 0 Å². The molecule has 0 N–H and O–H groups in total. The number of benzene rings is 1. The monoisotopic (exact) mass is 372 g/mol. The van der Waals surface area contributed by atoms with E-state index in [1.165, 1.54) is 38.5 Å². The summed E-state index contributed by atoms with van der Waals surface area (Å²) in [7, 11) is 0. The molecule has 0 atom stereocenters. The Bertz CT molecular complexity index is 735. The van der Waals surface area contributed by atoms with Crippen LogP contribution in [0.5, 0.6) is 0 Å². The van der Waals surface area contributed by atoms with Crippen LogP contribution in [0.4, 0.5) is 8.78 Å². The minimum absolute atomic E-state index is 0.187. The second kappa shape index (κ2) is 9.38. The maximum atomic E-state index is 14.6. The van der Waals surface area contributed by atoms with Crippen LogP contribution in [0.25, 0.3) is 11.3 Å². The summed E-state index contributed by atoms with van der Waals surface area (Å²) in [4.78, 5) is 0. The third-order valence-electron chi connectivity index (χ3n) is 6.01. The number of rotatable bonds is 7. The third-order valence-corrected chi connectivity index (χ3v) is 6.01. The van der Waals surface area contributed by atoms with Crippen LogP contribution < -0.4 is 0 Å². The molecular formula is C23H30F2N2. The van der Waals surface area contributed by atoms with Crippen molar-refractivity contribution in [3.63, 3.8) is 0 Å². The lowest BCUT2D eigenvalue weighted by atomic mass is 9.78. The highest BCUT2D eigenvalue weighted by atomic mass is 19.2. The molecular weight excluding hydrogens is 342 g/mol. The highest BCUT2D eigenvalue weighted by molar-refractivity contribution is 5.60. The molecule has 2 aromatic rings. The van der Waals surface area contributed by atoms with Gasteiger partial charge in [-0.25, -0.2) is 8.78 Å². The highest BCUT2D eigenvalue weighted by Gasteiger charge is 2.22. The fraction of sp³-hybridized carbons (Fsp3) is 0.565. The number of hydrogen-bond donors (Lipinski definition) is 0. The van der Waals surface area contributed by atoms with Crippen LogP contribution in [-0.2, 0) is 12.8 Å².